The molecule has 3 N–H and O–H groups in total. The summed E-state index contributed by atoms with van der Waals surface area (Å²) in [6, 6.07) is 4.02. The zero-order chi connectivity index (χ0) is 22.4. The van der Waals surface area contributed by atoms with Crippen LogP contribution in [0.5, 0.6) is 23.6 Å². The highest BCUT2D eigenvalue weighted by Crippen LogP contribution is 2.33. The number of rotatable bonds is 9. The van der Waals surface area contributed by atoms with Crippen molar-refractivity contribution in [1.29, 1.82) is 0 Å². The number of aromatic nitrogens is 3. The largest absolute Gasteiger partial charge is 0.479 e. The molecule has 0 unspecified atom stereocenters. The van der Waals surface area contributed by atoms with Gasteiger partial charge in [-0.1, -0.05) is 6.07 Å². The first-order chi connectivity index (χ1) is 14.9. The number of nitrogens with one attached hydrogen (secondary N) is 2. The lowest BCUT2D eigenvalue weighted by atomic mass is 10.2. The number of aliphatic hydroxyl groups excluding tert-OH is 1. The molecule has 0 spiro atoms. The van der Waals surface area contributed by atoms with E-state index < -0.39 is 11.7 Å². The Morgan fingerprint density at radius 1 is 1.19 bits per heavy atom. The Morgan fingerprint density at radius 3 is 2.55 bits per heavy atom. The smallest absolute Gasteiger partial charge is 0.399 e. The lowest BCUT2D eigenvalue weighted by Gasteiger charge is -2.13. The van der Waals surface area contributed by atoms with E-state index in [1.165, 1.54) is 26.4 Å². The summed E-state index contributed by atoms with van der Waals surface area (Å²) in [5.74, 6) is -0.765. The summed E-state index contributed by atoms with van der Waals surface area (Å²) >= 11 is 0. The molecule has 12 heteroatoms. The number of carbonyl (C=O) groups excluding carboxylic acids is 1. The molecule has 2 heterocycles. The van der Waals surface area contributed by atoms with Gasteiger partial charge in [-0.2, -0.15) is 15.0 Å². The SMILES string of the molecule is COc1nc(NCCO)nc(OC)c1NC(=O)c1coc(Oc2cc(F)ccc2C)n1. The van der Waals surface area contributed by atoms with Crippen molar-refractivity contribution in [2.75, 3.05) is 38.0 Å². The molecule has 0 aliphatic carbocycles. The second kappa shape index (κ2) is 9.71. The normalized spacial score (nSPS) is 10.5. The number of benzene rings is 1. The van der Waals surface area contributed by atoms with Crippen molar-refractivity contribution in [2.24, 2.45) is 0 Å². The number of nitrogens with zero attached hydrogens (tertiary/aromatic N) is 3. The predicted molar refractivity (Wildman–Crippen MR) is 106 cm³/mol. The molecule has 164 valence electrons. The Labute approximate surface area is 176 Å². The molecule has 0 aliphatic rings. The first kappa shape index (κ1) is 21.8. The predicted octanol–water partition coefficient (Wildman–Crippen LogP) is 2.38. The average Bonchev–Trinajstić information content (AvgIpc) is 3.23. The Hall–Kier alpha value is -3.93. The number of oxazole rings is 1. The van der Waals surface area contributed by atoms with Crippen molar-refractivity contribution in [2.45, 2.75) is 6.92 Å². The molecule has 1 aromatic carbocycles. The first-order valence-electron chi connectivity index (χ1n) is 9.00. The van der Waals surface area contributed by atoms with Crippen LogP contribution in [0, 0.1) is 12.7 Å². The van der Waals surface area contributed by atoms with Crippen molar-refractivity contribution in [3.05, 3.63) is 41.5 Å². The molecule has 3 rings (SSSR count). The summed E-state index contributed by atoms with van der Waals surface area (Å²) in [7, 11) is 2.72. The van der Waals surface area contributed by atoms with Crippen LogP contribution in [0.2, 0.25) is 0 Å². The minimum Gasteiger partial charge on any atom is -0.479 e. The Kier molecular flexibility index (Phi) is 6.82. The lowest BCUT2D eigenvalue weighted by molar-refractivity contribution is 0.102. The maximum Gasteiger partial charge on any atom is 0.399 e. The number of amides is 1. The number of hydrogen-bond donors (Lipinski definition) is 3. The third-order valence-electron chi connectivity index (χ3n) is 3.93. The van der Waals surface area contributed by atoms with E-state index in [1.54, 1.807) is 13.0 Å². The quantitative estimate of drug-likeness (QED) is 0.460. The van der Waals surface area contributed by atoms with Gasteiger partial charge in [0.25, 0.3) is 5.91 Å². The zero-order valence-corrected chi connectivity index (χ0v) is 16.9. The van der Waals surface area contributed by atoms with Gasteiger partial charge in [-0.3, -0.25) is 4.79 Å². The summed E-state index contributed by atoms with van der Waals surface area (Å²) in [6.45, 7) is 1.81. The van der Waals surface area contributed by atoms with Crippen LogP contribution in [0.15, 0.2) is 28.9 Å². The van der Waals surface area contributed by atoms with Gasteiger partial charge in [0.1, 0.15) is 17.8 Å². The molecule has 0 saturated heterocycles. The fourth-order valence-corrected chi connectivity index (χ4v) is 2.43. The summed E-state index contributed by atoms with van der Waals surface area (Å²) in [6.07, 6.45) is 0.841. The van der Waals surface area contributed by atoms with Crippen molar-refractivity contribution in [1.82, 2.24) is 15.0 Å². The monoisotopic (exact) mass is 433 g/mol. The van der Waals surface area contributed by atoms with Gasteiger partial charge in [0, 0.05) is 12.6 Å². The van der Waals surface area contributed by atoms with Crippen LogP contribution in [0.4, 0.5) is 16.0 Å². The molecule has 0 atom stereocenters. The summed E-state index contributed by atoms with van der Waals surface area (Å²) in [5, 5.41) is 14.2. The van der Waals surface area contributed by atoms with E-state index in [1.807, 2.05) is 0 Å². The fourth-order valence-electron chi connectivity index (χ4n) is 2.43. The molecule has 3 aromatic rings. The number of carbonyl (C=O) groups is 1. The Balaban J connectivity index is 1.79. The highest BCUT2D eigenvalue weighted by atomic mass is 19.1. The maximum absolute atomic E-state index is 13.4. The molecule has 0 fully saturated rings. The number of aliphatic hydroxyl groups is 1. The molecule has 31 heavy (non-hydrogen) atoms. The number of halogens is 1. The van der Waals surface area contributed by atoms with E-state index in [0.29, 0.717) is 5.56 Å². The van der Waals surface area contributed by atoms with E-state index in [0.717, 1.165) is 6.26 Å². The van der Waals surface area contributed by atoms with Gasteiger partial charge >= 0.3 is 6.08 Å². The van der Waals surface area contributed by atoms with Gasteiger partial charge in [0.15, 0.2) is 11.4 Å². The van der Waals surface area contributed by atoms with Crippen molar-refractivity contribution >= 4 is 17.5 Å². The minimum absolute atomic E-state index is 0.0241. The zero-order valence-electron chi connectivity index (χ0n) is 16.9. The van der Waals surface area contributed by atoms with Crippen LogP contribution in [-0.2, 0) is 0 Å². The number of aryl methyl sites for hydroxylation is 1. The highest BCUT2D eigenvalue weighted by molar-refractivity contribution is 6.04. The van der Waals surface area contributed by atoms with Crippen molar-refractivity contribution in [3.8, 4) is 23.6 Å². The van der Waals surface area contributed by atoms with Gasteiger partial charge < -0.3 is 34.4 Å². The van der Waals surface area contributed by atoms with E-state index in [2.05, 4.69) is 25.6 Å². The topological polar surface area (TPSA) is 141 Å². The molecular weight excluding hydrogens is 413 g/mol. The number of methoxy groups -OCH3 is 2. The fraction of sp³-hybridized carbons (Fsp3) is 0.263. The molecule has 2 aromatic heterocycles. The molecule has 11 nitrogen and oxygen atoms in total. The second-order valence-electron chi connectivity index (χ2n) is 6.06. The molecule has 0 aliphatic heterocycles. The van der Waals surface area contributed by atoms with Crippen molar-refractivity contribution < 1.29 is 32.9 Å². The Bertz CT molecular complexity index is 1050. The molecule has 0 saturated carbocycles. The standard InChI is InChI=1S/C19H20FN5O6/c1-10-4-5-11(20)8-13(10)31-19-22-12(9-30-19)15(27)23-14-16(28-2)24-18(21-6-7-26)25-17(14)29-3/h4-5,8-9,26H,6-7H2,1-3H3,(H,23,27)(H,21,24,25). The maximum atomic E-state index is 13.4. The molecule has 0 radical (unpaired) electrons. The van der Waals surface area contributed by atoms with Crippen molar-refractivity contribution in [3.63, 3.8) is 0 Å². The van der Waals surface area contributed by atoms with Gasteiger partial charge in [0.2, 0.25) is 17.7 Å². The molecular formula is C19H20FN5O6. The summed E-state index contributed by atoms with van der Waals surface area (Å²) in [4.78, 5) is 24.8. The second-order valence-corrected chi connectivity index (χ2v) is 6.06. The minimum atomic E-state index is -0.675. The van der Waals surface area contributed by atoms with E-state index in [4.69, 9.17) is 23.7 Å². The van der Waals surface area contributed by atoms with Crippen LogP contribution in [0.3, 0.4) is 0 Å². The van der Waals surface area contributed by atoms with Crippen LogP contribution >= 0.6 is 0 Å². The number of ether oxygens (including phenoxy) is 3. The molecule has 1 amide bonds. The third kappa shape index (κ3) is 5.17. The van der Waals surface area contributed by atoms with E-state index in [-0.39, 0.29) is 54.1 Å². The Morgan fingerprint density at radius 2 is 1.90 bits per heavy atom. The van der Waals surface area contributed by atoms with E-state index in [9.17, 15) is 9.18 Å². The first-order valence-corrected chi connectivity index (χ1v) is 9.00. The van der Waals surface area contributed by atoms with E-state index >= 15 is 0 Å². The highest BCUT2D eigenvalue weighted by Gasteiger charge is 2.22. The number of anilines is 2. The molecule has 0 bridgehead atoms. The van der Waals surface area contributed by atoms with Crippen LogP contribution in [0.1, 0.15) is 16.1 Å². The van der Waals surface area contributed by atoms with Crippen LogP contribution in [0.25, 0.3) is 0 Å². The van der Waals surface area contributed by atoms with Crippen LogP contribution < -0.4 is 24.8 Å². The van der Waals surface area contributed by atoms with Gasteiger partial charge in [-0.05, 0) is 18.6 Å². The third-order valence-corrected chi connectivity index (χ3v) is 3.93. The summed E-state index contributed by atoms with van der Waals surface area (Å²) in [5.41, 5.74) is 0.610. The average molecular weight is 433 g/mol. The number of hydrogen-bond acceptors (Lipinski definition) is 10. The van der Waals surface area contributed by atoms with Gasteiger partial charge in [0.05, 0.1) is 20.8 Å². The summed E-state index contributed by atoms with van der Waals surface area (Å²) < 4.78 is 34.4. The van der Waals surface area contributed by atoms with Gasteiger partial charge in [-0.15, -0.1) is 0 Å². The van der Waals surface area contributed by atoms with Gasteiger partial charge in [-0.25, -0.2) is 4.39 Å². The van der Waals surface area contributed by atoms with Crippen LogP contribution in [-0.4, -0.2) is 53.3 Å². The lowest BCUT2D eigenvalue weighted by Crippen LogP contribution is -2.16.